The fourth-order valence-electron chi connectivity index (χ4n) is 1.58. The molecule has 0 radical (unpaired) electrons. The summed E-state index contributed by atoms with van der Waals surface area (Å²) < 4.78 is 0. The van der Waals surface area contributed by atoms with Crippen LogP contribution in [0.2, 0.25) is 0 Å². The minimum atomic E-state index is 0.0968. The highest BCUT2D eigenvalue weighted by atomic mass is 16.1. The zero-order chi connectivity index (χ0) is 12.7. The first-order valence-electron chi connectivity index (χ1n) is 6.06. The summed E-state index contributed by atoms with van der Waals surface area (Å²) >= 11 is 0. The van der Waals surface area contributed by atoms with Crippen LogP contribution in [0.25, 0.3) is 0 Å². The number of benzene rings is 1. The molecule has 0 aliphatic rings. The lowest BCUT2D eigenvalue weighted by Crippen LogP contribution is -3.06. The van der Waals surface area contributed by atoms with E-state index >= 15 is 0 Å². The predicted molar refractivity (Wildman–Crippen MR) is 68.3 cm³/mol. The van der Waals surface area contributed by atoms with Gasteiger partial charge in [-0.05, 0) is 11.6 Å². The minimum Gasteiger partial charge on any atom is -0.350 e. The smallest absolute Gasteiger partial charge is 0.224 e. The summed E-state index contributed by atoms with van der Waals surface area (Å²) in [6, 6.07) is 8.07. The quantitative estimate of drug-likeness (QED) is 0.508. The topological polar surface area (TPSA) is 50.1 Å². The van der Waals surface area contributed by atoms with Crippen LogP contribution >= 0.6 is 0 Å². The molecule has 17 heavy (non-hydrogen) atoms. The van der Waals surface area contributed by atoms with E-state index in [2.05, 4.69) is 25.5 Å². The van der Waals surface area contributed by atoms with E-state index < -0.39 is 0 Å². The van der Waals surface area contributed by atoms with Crippen molar-refractivity contribution in [2.75, 3.05) is 34.2 Å². The standard InChI is InChI=1S/C13H21N3O/c1-14-12-6-4-5-11(9-12)10-13(17)15-7-8-16(2)3/h4-6,9,14H,7-8,10H2,1-3H3,(H,15,17)/p+2. The SMILES string of the molecule is C[NH2+]c1cccc(CC(=O)NCC[NH+](C)C)c1. The van der Waals surface area contributed by atoms with Gasteiger partial charge in [0.2, 0.25) is 5.91 Å². The average molecular weight is 237 g/mol. The lowest BCUT2D eigenvalue weighted by Gasteiger charge is -2.08. The molecule has 4 N–H and O–H groups in total. The highest BCUT2D eigenvalue weighted by Gasteiger charge is 2.05. The molecule has 1 aromatic rings. The number of likely N-dealkylation sites (N-methyl/N-ethyl adjacent to an activating group) is 1. The minimum absolute atomic E-state index is 0.0968. The summed E-state index contributed by atoms with van der Waals surface area (Å²) in [4.78, 5) is 13.0. The lowest BCUT2D eigenvalue weighted by atomic mass is 10.1. The number of carbonyl (C=O) groups is 1. The number of nitrogens with one attached hydrogen (secondary N) is 2. The van der Waals surface area contributed by atoms with Crippen molar-refractivity contribution in [3.05, 3.63) is 29.8 Å². The Morgan fingerprint density at radius 3 is 2.82 bits per heavy atom. The predicted octanol–water partition coefficient (Wildman–Crippen LogP) is -1.69. The Kier molecular flexibility index (Phi) is 5.66. The molecule has 0 bridgehead atoms. The zero-order valence-electron chi connectivity index (χ0n) is 10.9. The van der Waals surface area contributed by atoms with Gasteiger partial charge in [0.15, 0.2) is 0 Å². The number of hydrogen-bond acceptors (Lipinski definition) is 1. The van der Waals surface area contributed by atoms with Crippen molar-refractivity contribution in [3.63, 3.8) is 0 Å². The van der Waals surface area contributed by atoms with Gasteiger partial charge in [0, 0.05) is 6.07 Å². The van der Waals surface area contributed by atoms with E-state index in [4.69, 9.17) is 0 Å². The lowest BCUT2D eigenvalue weighted by molar-refractivity contribution is -0.856. The molecule has 0 saturated heterocycles. The van der Waals surface area contributed by atoms with Crippen LogP contribution in [-0.4, -0.2) is 40.1 Å². The highest BCUT2D eigenvalue weighted by molar-refractivity contribution is 5.78. The molecule has 1 amide bonds. The van der Waals surface area contributed by atoms with Crippen molar-refractivity contribution >= 4 is 11.6 Å². The van der Waals surface area contributed by atoms with Gasteiger partial charge in [-0.1, -0.05) is 12.1 Å². The number of quaternary nitrogens is 2. The third kappa shape index (κ3) is 5.47. The van der Waals surface area contributed by atoms with Crippen LogP contribution in [0.3, 0.4) is 0 Å². The Morgan fingerprint density at radius 2 is 2.18 bits per heavy atom. The normalized spacial score (nSPS) is 10.6. The first kappa shape index (κ1) is 13.7. The van der Waals surface area contributed by atoms with Crippen molar-refractivity contribution in [1.82, 2.24) is 5.32 Å². The van der Waals surface area contributed by atoms with E-state index in [1.54, 1.807) is 0 Å². The van der Waals surface area contributed by atoms with Crippen LogP contribution in [0.4, 0.5) is 5.69 Å². The molecule has 0 saturated carbocycles. The Bertz CT molecular complexity index is 363. The van der Waals surface area contributed by atoms with Crippen molar-refractivity contribution in [2.45, 2.75) is 6.42 Å². The second kappa shape index (κ2) is 7.04. The summed E-state index contributed by atoms with van der Waals surface area (Å²) in [6.07, 6.45) is 0.463. The van der Waals surface area contributed by atoms with Crippen LogP contribution in [0.15, 0.2) is 24.3 Å². The van der Waals surface area contributed by atoms with E-state index in [-0.39, 0.29) is 5.91 Å². The van der Waals surface area contributed by atoms with Gasteiger partial charge in [0.1, 0.15) is 5.69 Å². The molecule has 0 aliphatic heterocycles. The third-order valence-corrected chi connectivity index (χ3v) is 2.60. The average Bonchev–Trinajstić information content (AvgIpc) is 2.28. The summed E-state index contributed by atoms with van der Waals surface area (Å²) in [5.74, 6) is 0.0968. The van der Waals surface area contributed by atoms with E-state index in [1.165, 1.54) is 4.90 Å². The largest absolute Gasteiger partial charge is 0.350 e. The van der Waals surface area contributed by atoms with E-state index in [0.29, 0.717) is 6.42 Å². The summed E-state index contributed by atoms with van der Waals surface area (Å²) in [7, 11) is 6.15. The molecule has 1 rings (SSSR count). The van der Waals surface area contributed by atoms with Crippen LogP contribution < -0.4 is 15.5 Å². The van der Waals surface area contributed by atoms with Crippen molar-refractivity contribution in [3.8, 4) is 0 Å². The number of carbonyl (C=O) groups excluding carboxylic acids is 1. The van der Waals surface area contributed by atoms with Gasteiger partial charge in [0.05, 0.1) is 40.7 Å². The molecular weight excluding hydrogens is 214 g/mol. The molecule has 0 unspecified atom stereocenters. The molecule has 0 spiro atoms. The molecule has 1 aromatic carbocycles. The molecule has 0 aliphatic carbocycles. The van der Waals surface area contributed by atoms with Crippen LogP contribution in [0, 0.1) is 0 Å². The fourth-order valence-corrected chi connectivity index (χ4v) is 1.58. The molecule has 0 aromatic heterocycles. The summed E-state index contributed by atoms with van der Waals surface area (Å²) in [5, 5.41) is 4.97. The Balaban J connectivity index is 2.39. The summed E-state index contributed by atoms with van der Waals surface area (Å²) in [5.41, 5.74) is 2.23. The van der Waals surface area contributed by atoms with Gasteiger partial charge in [-0.3, -0.25) is 4.79 Å². The first-order valence-corrected chi connectivity index (χ1v) is 6.06. The highest BCUT2D eigenvalue weighted by Crippen LogP contribution is 2.05. The second-order valence-electron chi connectivity index (χ2n) is 4.52. The maximum atomic E-state index is 11.7. The fraction of sp³-hybridized carbons (Fsp3) is 0.462. The van der Waals surface area contributed by atoms with Gasteiger partial charge in [0.25, 0.3) is 0 Å². The molecule has 94 valence electrons. The van der Waals surface area contributed by atoms with Crippen LogP contribution in [0.1, 0.15) is 5.56 Å². The third-order valence-electron chi connectivity index (χ3n) is 2.60. The van der Waals surface area contributed by atoms with E-state index in [0.717, 1.165) is 24.3 Å². The van der Waals surface area contributed by atoms with Crippen molar-refractivity contribution < 1.29 is 15.0 Å². The molecule has 0 atom stereocenters. The maximum Gasteiger partial charge on any atom is 0.224 e. The molecule has 0 heterocycles. The van der Waals surface area contributed by atoms with Gasteiger partial charge in [-0.15, -0.1) is 0 Å². The monoisotopic (exact) mass is 237 g/mol. The summed E-state index contributed by atoms with van der Waals surface area (Å²) in [6.45, 7) is 1.69. The molecular formula is C13H23N3O+2. The van der Waals surface area contributed by atoms with Gasteiger partial charge >= 0.3 is 0 Å². The van der Waals surface area contributed by atoms with Gasteiger partial charge in [-0.25, -0.2) is 0 Å². The van der Waals surface area contributed by atoms with E-state index in [1.807, 2.05) is 30.6 Å². The zero-order valence-corrected chi connectivity index (χ0v) is 10.9. The van der Waals surface area contributed by atoms with Crippen molar-refractivity contribution in [2.24, 2.45) is 0 Å². The Morgan fingerprint density at radius 1 is 1.41 bits per heavy atom. The number of hydrogen-bond donors (Lipinski definition) is 3. The number of amides is 1. The van der Waals surface area contributed by atoms with Gasteiger partial charge in [-0.2, -0.15) is 0 Å². The Hall–Kier alpha value is -1.39. The van der Waals surface area contributed by atoms with Crippen LogP contribution in [0.5, 0.6) is 0 Å². The first-order chi connectivity index (χ1) is 8.11. The number of rotatable bonds is 6. The van der Waals surface area contributed by atoms with Crippen molar-refractivity contribution in [1.29, 1.82) is 0 Å². The Labute approximate surface area is 103 Å². The molecule has 0 fully saturated rings. The van der Waals surface area contributed by atoms with E-state index in [9.17, 15) is 4.79 Å². The van der Waals surface area contributed by atoms with Crippen LogP contribution in [-0.2, 0) is 11.2 Å². The molecule has 4 heteroatoms. The maximum absolute atomic E-state index is 11.7. The second-order valence-corrected chi connectivity index (χ2v) is 4.52. The number of nitrogens with two attached hydrogens (primary N) is 1. The molecule has 4 nitrogen and oxygen atoms in total. The van der Waals surface area contributed by atoms with Gasteiger partial charge < -0.3 is 15.5 Å².